The van der Waals surface area contributed by atoms with E-state index in [0.29, 0.717) is 32.1 Å². The average molecular weight is 384 g/mol. The SMILES string of the molecule is CC(=O)NCC1CCN(C(=O)CCC(=O)N2CCC(c3ccccc3)=N2)CC1. The van der Waals surface area contributed by atoms with Gasteiger partial charge in [0.15, 0.2) is 0 Å². The van der Waals surface area contributed by atoms with Crippen molar-refractivity contribution in [3.8, 4) is 0 Å². The fourth-order valence-electron chi connectivity index (χ4n) is 3.65. The molecule has 1 aromatic carbocycles. The van der Waals surface area contributed by atoms with Gasteiger partial charge in [-0.2, -0.15) is 5.10 Å². The van der Waals surface area contributed by atoms with E-state index in [4.69, 9.17) is 0 Å². The minimum Gasteiger partial charge on any atom is -0.356 e. The molecule has 2 heterocycles. The van der Waals surface area contributed by atoms with Gasteiger partial charge in [-0.1, -0.05) is 30.3 Å². The molecule has 3 rings (SSSR count). The molecule has 2 aliphatic rings. The highest BCUT2D eigenvalue weighted by Crippen LogP contribution is 2.19. The number of carbonyl (C=O) groups is 3. The number of hydrogen-bond acceptors (Lipinski definition) is 4. The molecule has 0 aromatic heterocycles. The van der Waals surface area contributed by atoms with Gasteiger partial charge in [0.05, 0.1) is 12.3 Å². The van der Waals surface area contributed by atoms with Crippen molar-refractivity contribution < 1.29 is 14.4 Å². The lowest BCUT2D eigenvalue weighted by Crippen LogP contribution is -2.41. The van der Waals surface area contributed by atoms with Crippen molar-refractivity contribution in [3.05, 3.63) is 35.9 Å². The number of nitrogens with zero attached hydrogens (tertiary/aromatic N) is 3. The number of hydrogen-bond donors (Lipinski definition) is 1. The molecule has 150 valence electrons. The first kappa shape index (κ1) is 20.0. The van der Waals surface area contributed by atoms with Crippen molar-refractivity contribution >= 4 is 23.4 Å². The average Bonchev–Trinajstić information content (AvgIpc) is 3.21. The van der Waals surface area contributed by atoms with Crippen LogP contribution in [0.5, 0.6) is 0 Å². The maximum Gasteiger partial charge on any atom is 0.243 e. The molecule has 0 atom stereocenters. The topological polar surface area (TPSA) is 82.1 Å². The predicted molar refractivity (Wildman–Crippen MR) is 107 cm³/mol. The summed E-state index contributed by atoms with van der Waals surface area (Å²) < 4.78 is 0. The summed E-state index contributed by atoms with van der Waals surface area (Å²) in [5.41, 5.74) is 1.96. The number of nitrogens with one attached hydrogen (secondary N) is 1. The Hall–Kier alpha value is -2.70. The molecule has 1 fully saturated rings. The maximum atomic E-state index is 12.4. The van der Waals surface area contributed by atoms with E-state index >= 15 is 0 Å². The molecule has 7 nitrogen and oxygen atoms in total. The number of piperidine rings is 1. The van der Waals surface area contributed by atoms with Gasteiger partial charge >= 0.3 is 0 Å². The van der Waals surface area contributed by atoms with Crippen LogP contribution >= 0.6 is 0 Å². The highest BCUT2D eigenvalue weighted by Gasteiger charge is 2.25. The summed E-state index contributed by atoms with van der Waals surface area (Å²) in [4.78, 5) is 37.7. The van der Waals surface area contributed by atoms with Gasteiger partial charge in [0, 0.05) is 45.8 Å². The fraction of sp³-hybridized carbons (Fsp3) is 0.524. The number of carbonyl (C=O) groups excluding carboxylic acids is 3. The summed E-state index contributed by atoms with van der Waals surface area (Å²) in [5, 5.41) is 8.77. The fourth-order valence-corrected chi connectivity index (χ4v) is 3.65. The second kappa shape index (κ2) is 9.48. The maximum absolute atomic E-state index is 12.4. The van der Waals surface area contributed by atoms with Crippen LogP contribution in [-0.4, -0.2) is 59.5 Å². The molecule has 7 heteroatoms. The normalized spacial score (nSPS) is 17.4. The van der Waals surface area contributed by atoms with Crippen molar-refractivity contribution in [2.75, 3.05) is 26.2 Å². The van der Waals surface area contributed by atoms with Crippen molar-refractivity contribution in [3.63, 3.8) is 0 Å². The molecular formula is C21H28N4O3. The van der Waals surface area contributed by atoms with Gasteiger partial charge in [-0.05, 0) is 24.3 Å². The third-order valence-corrected chi connectivity index (χ3v) is 5.36. The first-order valence-electron chi connectivity index (χ1n) is 9.98. The number of amides is 3. The van der Waals surface area contributed by atoms with E-state index in [2.05, 4.69) is 10.4 Å². The van der Waals surface area contributed by atoms with Crippen molar-refractivity contribution in [2.24, 2.45) is 11.0 Å². The Bertz CT molecular complexity index is 739. The molecule has 1 N–H and O–H groups in total. The monoisotopic (exact) mass is 384 g/mol. The van der Waals surface area contributed by atoms with Crippen molar-refractivity contribution in [1.29, 1.82) is 0 Å². The zero-order valence-corrected chi connectivity index (χ0v) is 16.4. The van der Waals surface area contributed by atoms with Gasteiger partial charge in [0.25, 0.3) is 0 Å². The summed E-state index contributed by atoms with van der Waals surface area (Å²) >= 11 is 0. The zero-order chi connectivity index (χ0) is 19.9. The number of rotatable bonds is 6. The highest BCUT2D eigenvalue weighted by atomic mass is 16.2. The molecule has 2 aliphatic heterocycles. The molecule has 0 radical (unpaired) electrons. The van der Waals surface area contributed by atoms with Gasteiger partial charge in [-0.15, -0.1) is 0 Å². The second-order valence-corrected chi connectivity index (χ2v) is 7.44. The Morgan fingerprint density at radius 1 is 1.04 bits per heavy atom. The summed E-state index contributed by atoms with van der Waals surface area (Å²) in [7, 11) is 0. The van der Waals surface area contributed by atoms with E-state index in [1.54, 1.807) is 0 Å². The zero-order valence-electron chi connectivity index (χ0n) is 16.4. The quantitative estimate of drug-likeness (QED) is 0.812. The minimum absolute atomic E-state index is 0.0167. The third kappa shape index (κ3) is 5.41. The van der Waals surface area contributed by atoms with Crippen LogP contribution in [0.4, 0.5) is 0 Å². The third-order valence-electron chi connectivity index (χ3n) is 5.36. The van der Waals surface area contributed by atoms with Gasteiger partial charge in [-0.25, -0.2) is 5.01 Å². The molecule has 0 saturated carbocycles. The summed E-state index contributed by atoms with van der Waals surface area (Å²) in [6.45, 7) is 4.15. The van der Waals surface area contributed by atoms with E-state index < -0.39 is 0 Å². The molecular weight excluding hydrogens is 356 g/mol. The van der Waals surface area contributed by atoms with Crippen LogP contribution in [0, 0.1) is 5.92 Å². The van der Waals surface area contributed by atoms with Crippen LogP contribution in [0.25, 0.3) is 0 Å². The number of likely N-dealkylation sites (tertiary alicyclic amines) is 1. The first-order chi connectivity index (χ1) is 13.5. The number of benzene rings is 1. The molecule has 1 saturated heterocycles. The first-order valence-corrected chi connectivity index (χ1v) is 9.98. The van der Waals surface area contributed by atoms with Crippen LogP contribution in [0.3, 0.4) is 0 Å². The Balaban J connectivity index is 1.41. The Morgan fingerprint density at radius 3 is 2.39 bits per heavy atom. The van der Waals surface area contributed by atoms with E-state index in [0.717, 1.165) is 30.5 Å². The Kier molecular flexibility index (Phi) is 6.79. The lowest BCUT2D eigenvalue weighted by Gasteiger charge is -2.32. The summed E-state index contributed by atoms with van der Waals surface area (Å²) in [6.07, 6.45) is 2.93. The molecule has 0 aliphatic carbocycles. The van der Waals surface area contributed by atoms with E-state index in [1.807, 2.05) is 35.2 Å². The predicted octanol–water partition coefficient (Wildman–Crippen LogP) is 1.78. The van der Waals surface area contributed by atoms with Crippen molar-refractivity contribution in [2.45, 2.75) is 39.0 Å². The standard InChI is InChI=1S/C21H28N4O3/c1-16(26)22-15-17-9-12-24(13-10-17)20(27)7-8-21(28)25-14-11-19(23-25)18-5-3-2-4-6-18/h2-6,17H,7-15H2,1H3,(H,22,26). The Labute approximate surface area is 165 Å². The largest absolute Gasteiger partial charge is 0.356 e. The highest BCUT2D eigenvalue weighted by molar-refractivity contribution is 6.02. The lowest BCUT2D eigenvalue weighted by atomic mass is 9.96. The molecule has 0 spiro atoms. The summed E-state index contributed by atoms with van der Waals surface area (Å²) in [5.74, 6) is 0.333. The molecule has 0 bridgehead atoms. The Morgan fingerprint density at radius 2 is 1.71 bits per heavy atom. The molecule has 28 heavy (non-hydrogen) atoms. The van der Waals surface area contributed by atoms with Gasteiger partial charge in [0.1, 0.15) is 0 Å². The van der Waals surface area contributed by atoms with Crippen LogP contribution < -0.4 is 5.32 Å². The van der Waals surface area contributed by atoms with Gasteiger partial charge in [0.2, 0.25) is 17.7 Å². The molecule has 1 aromatic rings. The van der Waals surface area contributed by atoms with Crippen LogP contribution in [0.2, 0.25) is 0 Å². The van der Waals surface area contributed by atoms with Gasteiger partial charge < -0.3 is 10.2 Å². The summed E-state index contributed by atoms with van der Waals surface area (Å²) in [6, 6.07) is 9.86. The minimum atomic E-state index is -0.0974. The van der Waals surface area contributed by atoms with E-state index in [-0.39, 0.29) is 30.6 Å². The van der Waals surface area contributed by atoms with Crippen LogP contribution in [0.15, 0.2) is 35.4 Å². The van der Waals surface area contributed by atoms with Crippen LogP contribution in [0.1, 0.15) is 44.6 Å². The van der Waals surface area contributed by atoms with Gasteiger partial charge in [-0.3, -0.25) is 14.4 Å². The van der Waals surface area contributed by atoms with Crippen molar-refractivity contribution in [1.82, 2.24) is 15.2 Å². The smallest absolute Gasteiger partial charge is 0.243 e. The second-order valence-electron chi connectivity index (χ2n) is 7.44. The van der Waals surface area contributed by atoms with E-state index in [1.165, 1.54) is 11.9 Å². The number of hydrazone groups is 1. The molecule has 3 amide bonds. The van der Waals surface area contributed by atoms with E-state index in [9.17, 15) is 14.4 Å². The lowest BCUT2D eigenvalue weighted by molar-refractivity contribution is -0.137. The van der Waals surface area contributed by atoms with Crippen LogP contribution in [-0.2, 0) is 14.4 Å². The molecule has 0 unspecified atom stereocenters.